The highest BCUT2D eigenvalue weighted by Gasteiger charge is 2.19. The first-order valence-electron chi connectivity index (χ1n) is 7.38. The number of hydrogen-bond acceptors (Lipinski definition) is 4. The molecule has 6 heteroatoms. The Hall–Kier alpha value is -0.950. The van der Waals surface area contributed by atoms with Gasteiger partial charge < -0.3 is 9.84 Å². The second-order valence-corrected chi connectivity index (χ2v) is 7.18. The van der Waals surface area contributed by atoms with Crippen LogP contribution in [0.1, 0.15) is 37.9 Å². The van der Waals surface area contributed by atoms with Crippen LogP contribution in [0.5, 0.6) is 0 Å². The predicted octanol–water partition coefficient (Wildman–Crippen LogP) is 1.83. The first-order chi connectivity index (χ1) is 10.0. The lowest BCUT2D eigenvalue weighted by Gasteiger charge is -2.12. The van der Waals surface area contributed by atoms with E-state index in [-0.39, 0.29) is 4.90 Å². The fourth-order valence-corrected chi connectivity index (χ4v) is 3.52. The molecule has 0 amide bonds. The maximum Gasteiger partial charge on any atom is 0.240 e. The molecular formula is C15H23NO4S. The molecule has 1 heterocycles. The minimum absolute atomic E-state index is 0.204. The molecule has 1 aromatic carbocycles. The molecule has 0 aromatic heterocycles. The standard InChI is InChI=1S/C15H23NO4S/c1-2-15(17)13-4-3-5-14(10-13)21(18,19)16-8-6-12-7-9-20-11-12/h3-5,10,12,15-17H,2,6-9,11H2,1H3. The van der Waals surface area contributed by atoms with Gasteiger partial charge in [0.2, 0.25) is 10.0 Å². The van der Waals surface area contributed by atoms with Crippen molar-refractivity contribution in [3.05, 3.63) is 29.8 Å². The third kappa shape index (κ3) is 4.51. The largest absolute Gasteiger partial charge is 0.388 e. The van der Waals surface area contributed by atoms with E-state index in [0.717, 1.165) is 26.1 Å². The molecule has 2 atom stereocenters. The van der Waals surface area contributed by atoms with Crippen LogP contribution >= 0.6 is 0 Å². The Balaban J connectivity index is 1.98. The maximum absolute atomic E-state index is 12.2. The summed E-state index contributed by atoms with van der Waals surface area (Å²) in [4.78, 5) is 0.204. The summed E-state index contributed by atoms with van der Waals surface area (Å²) in [5, 5.41) is 9.81. The fraction of sp³-hybridized carbons (Fsp3) is 0.600. The quantitative estimate of drug-likeness (QED) is 0.805. The number of nitrogens with one attached hydrogen (secondary N) is 1. The first-order valence-corrected chi connectivity index (χ1v) is 8.86. The van der Waals surface area contributed by atoms with E-state index in [4.69, 9.17) is 4.74 Å². The van der Waals surface area contributed by atoms with Gasteiger partial charge in [-0.2, -0.15) is 0 Å². The number of rotatable bonds is 7. The van der Waals surface area contributed by atoms with Crippen molar-refractivity contribution in [3.63, 3.8) is 0 Å². The summed E-state index contributed by atoms with van der Waals surface area (Å²) >= 11 is 0. The van der Waals surface area contributed by atoms with Crippen molar-refractivity contribution in [3.8, 4) is 0 Å². The molecule has 1 aliphatic rings. The summed E-state index contributed by atoms with van der Waals surface area (Å²) < 4.78 is 32.4. The molecular weight excluding hydrogens is 290 g/mol. The third-order valence-corrected chi connectivity index (χ3v) is 5.27. The summed E-state index contributed by atoms with van der Waals surface area (Å²) in [6, 6.07) is 6.48. The average Bonchev–Trinajstić information content (AvgIpc) is 2.99. The summed E-state index contributed by atoms with van der Waals surface area (Å²) in [5.41, 5.74) is 0.629. The van der Waals surface area contributed by atoms with Gasteiger partial charge in [0, 0.05) is 19.8 Å². The van der Waals surface area contributed by atoms with Crippen molar-refractivity contribution in [2.75, 3.05) is 19.8 Å². The van der Waals surface area contributed by atoms with Crippen LogP contribution in [0.25, 0.3) is 0 Å². The Kier molecular flexibility index (Phi) is 5.75. The molecule has 2 rings (SSSR count). The number of benzene rings is 1. The molecule has 0 spiro atoms. The zero-order valence-corrected chi connectivity index (χ0v) is 13.1. The van der Waals surface area contributed by atoms with Crippen LogP contribution < -0.4 is 4.72 Å². The lowest BCUT2D eigenvalue weighted by atomic mass is 10.1. The Bertz CT molecular complexity index is 553. The van der Waals surface area contributed by atoms with E-state index in [1.807, 2.05) is 6.92 Å². The van der Waals surface area contributed by atoms with Crippen molar-refractivity contribution in [2.24, 2.45) is 5.92 Å². The van der Waals surface area contributed by atoms with Crippen molar-refractivity contribution in [2.45, 2.75) is 37.2 Å². The van der Waals surface area contributed by atoms with Crippen LogP contribution in [-0.4, -0.2) is 33.3 Å². The van der Waals surface area contributed by atoms with E-state index in [0.29, 0.717) is 24.4 Å². The van der Waals surface area contributed by atoms with Gasteiger partial charge in [0.05, 0.1) is 11.0 Å². The van der Waals surface area contributed by atoms with Crippen LogP contribution in [0.4, 0.5) is 0 Å². The van der Waals surface area contributed by atoms with Gasteiger partial charge >= 0.3 is 0 Å². The number of aliphatic hydroxyl groups excluding tert-OH is 1. The molecule has 2 unspecified atom stereocenters. The number of sulfonamides is 1. The van der Waals surface area contributed by atoms with E-state index in [1.54, 1.807) is 18.2 Å². The van der Waals surface area contributed by atoms with Crippen LogP contribution in [0.15, 0.2) is 29.2 Å². The highest BCUT2D eigenvalue weighted by molar-refractivity contribution is 7.89. The van der Waals surface area contributed by atoms with Crippen LogP contribution in [0.2, 0.25) is 0 Å². The normalized spacial score (nSPS) is 20.6. The van der Waals surface area contributed by atoms with Gasteiger partial charge in [0.15, 0.2) is 0 Å². The minimum atomic E-state index is -3.52. The average molecular weight is 313 g/mol. The zero-order chi connectivity index (χ0) is 15.3. The highest BCUT2D eigenvalue weighted by atomic mass is 32.2. The Labute approximate surface area is 126 Å². The molecule has 5 nitrogen and oxygen atoms in total. The van der Waals surface area contributed by atoms with E-state index >= 15 is 0 Å². The van der Waals surface area contributed by atoms with Gasteiger partial charge in [-0.25, -0.2) is 13.1 Å². The first kappa shape index (κ1) is 16.4. The maximum atomic E-state index is 12.2. The van der Waals surface area contributed by atoms with Crippen molar-refractivity contribution in [1.29, 1.82) is 0 Å². The van der Waals surface area contributed by atoms with Crippen molar-refractivity contribution < 1.29 is 18.3 Å². The van der Waals surface area contributed by atoms with Gasteiger partial charge in [-0.05, 0) is 42.9 Å². The third-order valence-electron chi connectivity index (χ3n) is 3.81. The van der Waals surface area contributed by atoms with Gasteiger partial charge in [0.1, 0.15) is 0 Å². The molecule has 1 aliphatic heterocycles. The Morgan fingerprint density at radius 1 is 1.48 bits per heavy atom. The van der Waals surface area contributed by atoms with E-state index < -0.39 is 16.1 Å². The second kappa shape index (κ2) is 7.35. The molecule has 21 heavy (non-hydrogen) atoms. The fourth-order valence-electron chi connectivity index (χ4n) is 2.42. The van der Waals surface area contributed by atoms with E-state index in [2.05, 4.69) is 4.72 Å². The topological polar surface area (TPSA) is 75.6 Å². The SMILES string of the molecule is CCC(O)c1cccc(S(=O)(=O)NCCC2CCOC2)c1. The molecule has 1 saturated heterocycles. The monoisotopic (exact) mass is 313 g/mol. The summed E-state index contributed by atoms with van der Waals surface area (Å²) in [7, 11) is -3.52. The van der Waals surface area contributed by atoms with Gasteiger partial charge in [-0.1, -0.05) is 19.1 Å². The van der Waals surface area contributed by atoms with Gasteiger partial charge in [-0.3, -0.25) is 0 Å². The van der Waals surface area contributed by atoms with Crippen LogP contribution in [0, 0.1) is 5.92 Å². The molecule has 2 N–H and O–H groups in total. The molecule has 0 saturated carbocycles. The summed E-state index contributed by atoms with van der Waals surface area (Å²) in [6.45, 7) is 3.76. The zero-order valence-electron chi connectivity index (χ0n) is 12.3. The summed E-state index contributed by atoms with van der Waals surface area (Å²) in [6.07, 6.45) is 1.71. The van der Waals surface area contributed by atoms with E-state index in [9.17, 15) is 13.5 Å². The lowest BCUT2D eigenvalue weighted by molar-refractivity contribution is 0.173. The smallest absolute Gasteiger partial charge is 0.240 e. The minimum Gasteiger partial charge on any atom is -0.388 e. The lowest BCUT2D eigenvalue weighted by Crippen LogP contribution is -2.26. The predicted molar refractivity (Wildman–Crippen MR) is 80.4 cm³/mol. The molecule has 118 valence electrons. The number of ether oxygens (including phenoxy) is 1. The number of hydrogen-bond donors (Lipinski definition) is 2. The van der Waals surface area contributed by atoms with Gasteiger partial charge in [-0.15, -0.1) is 0 Å². The molecule has 0 radical (unpaired) electrons. The van der Waals surface area contributed by atoms with Crippen molar-refractivity contribution in [1.82, 2.24) is 4.72 Å². The highest BCUT2D eigenvalue weighted by Crippen LogP contribution is 2.20. The van der Waals surface area contributed by atoms with Crippen LogP contribution in [0.3, 0.4) is 0 Å². The molecule has 1 fully saturated rings. The Morgan fingerprint density at radius 2 is 2.29 bits per heavy atom. The molecule has 0 bridgehead atoms. The van der Waals surface area contributed by atoms with E-state index in [1.165, 1.54) is 6.07 Å². The van der Waals surface area contributed by atoms with Crippen molar-refractivity contribution >= 4 is 10.0 Å². The number of aliphatic hydroxyl groups is 1. The summed E-state index contributed by atoms with van der Waals surface area (Å²) in [5.74, 6) is 0.445. The second-order valence-electron chi connectivity index (χ2n) is 5.41. The molecule has 0 aliphatic carbocycles. The Morgan fingerprint density at radius 3 is 2.95 bits per heavy atom. The van der Waals surface area contributed by atoms with Gasteiger partial charge in [0.25, 0.3) is 0 Å². The van der Waals surface area contributed by atoms with Crippen LogP contribution in [-0.2, 0) is 14.8 Å². The molecule has 1 aromatic rings.